The van der Waals surface area contributed by atoms with E-state index in [9.17, 15) is 9.59 Å². The normalized spacial score (nSPS) is 25.0. The molecule has 2 aliphatic carbocycles. The first-order chi connectivity index (χ1) is 11.7. The van der Waals surface area contributed by atoms with Gasteiger partial charge in [0.1, 0.15) is 0 Å². The van der Waals surface area contributed by atoms with E-state index in [2.05, 4.69) is 4.90 Å². The number of rotatable bonds is 4. The summed E-state index contributed by atoms with van der Waals surface area (Å²) < 4.78 is 0. The lowest BCUT2D eigenvalue weighted by atomic mass is 9.95. The number of amides is 2. The molecule has 0 N–H and O–H groups in total. The van der Waals surface area contributed by atoms with Crippen molar-refractivity contribution in [2.75, 3.05) is 13.1 Å². The van der Waals surface area contributed by atoms with Crippen molar-refractivity contribution < 1.29 is 9.59 Å². The maximum Gasteiger partial charge on any atom is 0.263 e. The Balaban J connectivity index is 1.44. The molecule has 1 aromatic rings. The molecule has 4 rings (SSSR count). The summed E-state index contributed by atoms with van der Waals surface area (Å²) >= 11 is 1.49. The van der Waals surface area contributed by atoms with Gasteiger partial charge in [-0.15, -0.1) is 11.3 Å². The summed E-state index contributed by atoms with van der Waals surface area (Å²) in [5, 5.41) is 1.94. The van der Waals surface area contributed by atoms with Crippen LogP contribution >= 0.6 is 11.3 Å². The van der Waals surface area contributed by atoms with E-state index in [1.54, 1.807) is 0 Å². The van der Waals surface area contributed by atoms with Crippen LogP contribution in [0.2, 0.25) is 0 Å². The van der Waals surface area contributed by atoms with Crippen molar-refractivity contribution in [2.45, 2.75) is 63.5 Å². The Bertz CT molecular complexity index is 591. The van der Waals surface area contributed by atoms with E-state index in [0.29, 0.717) is 24.5 Å². The van der Waals surface area contributed by atoms with E-state index >= 15 is 0 Å². The summed E-state index contributed by atoms with van der Waals surface area (Å²) in [7, 11) is 0. The Labute approximate surface area is 147 Å². The van der Waals surface area contributed by atoms with Crippen LogP contribution in [0.5, 0.6) is 0 Å². The summed E-state index contributed by atoms with van der Waals surface area (Å²) in [5.74, 6) is 0.429. The Morgan fingerprint density at radius 2 is 1.79 bits per heavy atom. The first kappa shape index (κ1) is 16.1. The van der Waals surface area contributed by atoms with E-state index in [4.69, 9.17) is 0 Å². The zero-order chi connectivity index (χ0) is 16.5. The second-order valence-electron chi connectivity index (χ2n) is 7.48. The average Bonchev–Trinajstić information content (AvgIpc) is 3.07. The molecule has 0 spiro atoms. The van der Waals surface area contributed by atoms with E-state index in [1.807, 2.05) is 22.4 Å². The summed E-state index contributed by atoms with van der Waals surface area (Å²) in [5.41, 5.74) is 0. The van der Waals surface area contributed by atoms with Gasteiger partial charge in [-0.25, -0.2) is 0 Å². The largest absolute Gasteiger partial charge is 0.337 e. The summed E-state index contributed by atoms with van der Waals surface area (Å²) in [6.07, 6.45) is 9.09. The molecule has 3 fully saturated rings. The number of piperidine rings is 1. The standard InChI is InChI=1S/C19H26N2O2S/c22-18(21(16-9-10-16)15-6-1-2-7-15)14-5-3-11-20(13-14)19(23)17-8-4-12-24-17/h4,8,12,14-16H,1-3,5-7,9-11,13H2. The number of likely N-dealkylation sites (tertiary alicyclic amines) is 1. The van der Waals surface area contributed by atoms with E-state index < -0.39 is 0 Å². The number of carbonyl (C=O) groups is 2. The van der Waals surface area contributed by atoms with Crippen molar-refractivity contribution in [3.63, 3.8) is 0 Å². The molecule has 0 radical (unpaired) electrons. The predicted octanol–water partition coefficient (Wildman–Crippen LogP) is 3.53. The highest BCUT2D eigenvalue weighted by Crippen LogP contribution is 2.36. The lowest BCUT2D eigenvalue weighted by Crippen LogP contribution is -2.49. The summed E-state index contributed by atoms with van der Waals surface area (Å²) in [6.45, 7) is 1.39. The highest BCUT2D eigenvalue weighted by Gasteiger charge is 2.42. The minimum absolute atomic E-state index is 0.00358. The Hall–Kier alpha value is -1.36. The van der Waals surface area contributed by atoms with Gasteiger partial charge in [-0.1, -0.05) is 18.9 Å². The minimum atomic E-state index is 0.00358. The van der Waals surface area contributed by atoms with Crippen LogP contribution in [0.3, 0.4) is 0 Å². The third kappa shape index (κ3) is 3.23. The highest BCUT2D eigenvalue weighted by atomic mass is 32.1. The number of carbonyl (C=O) groups excluding carboxylic acids is 2. The van der Waals surface area contributed by atoms with Gasteiger partial charge in [0.15, 0.2) is 0 Å². The topological polar surface area (TPSA) is 40.6 Å². The van der Waals surface area contributed by atoms with Crippen molar-refractivity contribution >= 4 is 23.2 Å². The van der Waals surface area contributed by atoms with Crippen molar-refractivity contribution in [3.05, 3.63) is 22.4 Å². The molecule has 4 nitrogen and oxygen atoms in total. The molecule has 24 heavy (non-hydrogen) atoms. The molecule has 1 saturated heterocycles. The van der Waals surface area contributed by atoms with Gasteiger partial charge >= 0.3 is 0 Å². The van der Waals surface area contributed by atoms with Crippen LogP contribution in [0, 0.1) is 5.92 Å². The second-order valence-corrected chi connectivity index (χ2v) is 8.43. The lowest BCUT2D eigenvalue weighted by Gasteiger charge is -2.37. The molecule has 130 valence electrons. The maximum atomic E-state index is 13.2. The predicted molar refractivity (Wildman–Crippen MR) is 95.1 cm³/mol. The van der Waals surface area contributed by atoms with Gasteiger partial charge in [0, 0.05) is 25.2 Å². The molecule has 5 heteroatoms. The fourth-order valence-electron chi connectivity index (χ4n) is 4.32. The van der Waals surface area contributed by atoms with Crippen molar-refractivity contribution in [3.8, 4) is 0 Å². The molecule has 2 amide bonds. The molecule has 1 atom stereocenters. The molecule has 0 aromatic carbocycles. The zero-order valence-electron chi connectivity index (χ0n) is 14.2. The maximum absolute atomic E-state index is 13.2. The molecule has 2 saturated carbocycles. The Kier molecular flexibility index (Phi) is 4.61. The van der Waals surface area contributed by atoms with Crippen molar-refractivity contribution in [1.29, 1.82) is 0 Å². The van der Waals surface area contributed by atoms with Gasteiger partial charge < -0.3 is 9.80 Å². The number of thiophene rings is 1. The number of hydrogen-bond donors (Lipinski definition) is 0. The molecule has 1 aliphatic heterocycles. The van der Waals surface area contributed by atoms with Crippen LogP contribution < -0.4 is 0 Å². The van der Waals surface area contributed by atoms with Crippen molar-refractivity contribution in [2.24, 2.45) is 5.92 Å². The molecule has 2 heterocycles. The molecule has 3 aliphatic rings. The third-order valence-electron chi connectivity index (χ3n) is 5.70. The number of nitrogens with zero attached hydrogens (tertiary/aromatic N) is 2. The van der Waals surface area contributed by atoms with Gasteiger partial charge in [-0.3, -0.25) is 9.59 Å². The van der Waals surface area contributed by atoms with E-state index in [1.165, 1.54) is 49.9 Å². The average molecular weight is 346 g/mol. The van der Waals surface area contributed by atoms with Crippen LogP contribution in [0.25, 0.3) is 0 Å². The third-order valence-corrected chi connectivity index (χ3v) is 6.56. The first-order valence-electron chi connectivity index (χ1n) is 9.39. The van der Waals surface area contributed by atoms with E-state index in [-0.39, 0.29) is 11.8 Å². The summed E-state index contributed by atoms with van der Waals surface area (Å²) in [6, 6.07) is 4.75. The van der Waals surface area contributed by atoms with Crippen molar-refractivity contribution in [1.82, 2.24) is 9.80 Å². The van der Waals surface area contributed by atoms with Gasteiger partial charge in [0.05, 0.1) is 10.8 Å². The molecular formula is C19H26N2O2S. The molecule has 1 aromatic heterocycles. The second kappa shape index (κ2) is 6.87. The SMILES string of the molecule is O=C(c1cccs1)N1CCCC(C(=O)N(C2CCCC2)C2CC2)C1. The van der Waals surface area contributed by atoms with Gasteiger partial charge in [-0.05, 0) is 50.0 Å². The van der Waals surface area contributed by atoms with E-state index in [0.717, 1.165) is 24.3 Å². The van der Waals surface area contributed by atoms with Gasteiger partial charge in [-0.2, -0.15) is 0 Å². The molecule has 0 bridgehead atoms. The smallest absolute Gasteiger partial charge is 0.263 e. The van der Waals surface area contributed by atoms with Gasteiger partial charge in [0.2, 0.25) is 5.91 Å². The van der Waals surface area contributed by atoms with Crippen LogP contribution in [-0.4, -0.2) is 46.8 Å². The monoisotopic (exact) mass is 346 g/mol. The first-order valence-corrected chi connectivity index (χ1v) is 10.3. The highest BCUT2D eigenvalue weighted by molar-refractivity contribution is 7.12. The Morgan fingerprint density at radius 1 is 1.04 bits per heavy atom. The summed E-state index contributed by atoms with van der Waals surface area (Å²) in [4.78, 5) is 30.7. The van der Waals surface area contributed by atoms with Crippen LogP contribution in [0.1, 0.15) is 61.0 Å². The number of hydrogen-bond acceptors (Lipinski definition) is 3. The van der Waals surface area contributed by atoms with Crippen LogP contribution in [0.15, 0.2) is 17.5 Å². The van der Waals surface area contributed by atoms with Crippen LogP contribution in [-0.2, 0) is 4.79 Å². The Morgan fingerprint density at radius 3 is 2.46 bits per heavy atom. The quantitative estimate of drug-likeness (QED) is 0.837. The molecule has 1 unspecified atom stereocenters. The fraction of sp³-hybridized carbons (Fsp3) is 0.684. The lowest BCUT2D eigenvalue weighted by molar-refractivity contribution is -0.140. The van der Waals surface area contributed by atoms with Crippen LogP contribution in [0.4, 0.5) is 0 Å². The zero-order valence-corrected chi connectivity index (χ0v) is 15.0. The van der Waals surface area contributed by atoms with Gasteiger partial charge in [0.25, 0.3) is 5.91 Å². The molecular weight excluding hydrogens is 320 g/mol. The minimum Gasteiger partial charge on any atom is -0.337 e. The fourth-order valence-corrected chi connectivity index (χ4v) is 5.01.